The first-order chi connectivity index (χ1) is 17.5. The van der Waals surface area contributed by atoms with E-state index in [4.69, 9.17) is 0 Å². The Balaban J connectivity index is 1.43. The smallest absolute Gasteiger partial charge is 0.266 e. The summed E-state index contributed by atoms with van der Waals surface area (Å²) in [7, 11) is 1.49. The van der Waals surface area contributed by atoms with Gasteiger partial charge in [0.1, 0.15) is 29.2 Å². The fourth-order valence-electron chi connectivity index (χ4n) is 5.16. The third kappa shape index (κ3) is 4.09. The number of nitrogens with zero attached hydrogens (tertiary/aromatic N) is 5. The lowest BCUT2D eigenvalue weighted by molar-refractivity contribution is -0.152. The van der Waals surface area contributed by atoms with Crippen molar-refractivity contribution in [2.75, 3.05) is 31.5 Å². The molecule has 1 N–H and O–H groups in total. The summed E-state index contributed by atoms with van der Waals surface area (Å²) >= 11 is 0. The van der Waals surface area contributed by atoms with Crippen LogP contribution in [0.15, 0.2) is 35.4 Å². The molecule has 0 aliphatic carbocycles. The van der Waals surface area contributed by atoms with E-state index in [1.807, 2.05) is 0 Å². The van der Waals surface area contributed by atoms with Crippen molar-refractivity contribution in [2.45, 2.75) is 26.3 Å². The number of alkyl halides is 2. The van der Waals surface area contributed by atoms with Gasteiger partial charge in [0.25, 0.3) is 17.9 Å². The zero-order valence-electron chi connectivity index (χ0n) is 20.5. The molecule has 2 aliphatic heterocycles. The molecular weight excluding hydrogens is 489 g/mol. The number of likely N-dealkylation sites (tertiary alicyclic amines) is 2. The second kappa shape index (κ2) is 8.86. The first-order valence-corrected chi connectivity index (χ1v) is 11.7. The first kappa shape index (κ1) is 24.7. The predicted molar refractivity (Wildman–Crippen MR) is 129 cm³/mol. The highest BCUT2D eigenvalue weighted by Gasteiger charge is 2.54. The molecule has 1 atom stereocenters. The van der Waals surface area contributed by atoms with Crippen LogP contribution in [0.1, 0.15) is 47.8 Å². The number of aromatic nitrogens is 3. The van der Waals surface area contributed by atoms with Gasteiger partial charge in [0, 0.05) is 51.1 Å². The van der Waals surface area contributed by atoms with Crippen molar-refractivity contribution in [3.8, 4) is 0 Å². The summed E-state index contributed by atoms with van der Waals surface area (Å²) in [5, 5.41) is 3.36. The molecule has 12 heteroatoms. The molecule has 2 fully saturated rings. The number of amides is 2. The van der Waals surface area contributed by atoms with Crippen molar-refractivity contribution in [2.24, 2.45) is 12.5 Å². The van der Waals surface area contributed by atoms with Gasteiger partial charge >= 0.3 is 0 Å². The maximum absolute atomic E-state index is 14.7. The molecule has 2 aliphatic rings. The van der Waals surface area contributed by atoms with Gasteiger partial charge in [-0.1, -0.05) is 18.2 Å². The van der Waals surface area contributed by atoms with Gasteiger partial charge < -0.3 is 15.1 Å². The molecule has 5 rings (SSSR count). The summed E-state index contributed by atoms with van der Waals surface area (Å²) in [4.78, 5) is 49.4. The zero-order valence-corrected chi connectivity index (χ0v) is 20.5. The van der Waals surface area contributed by atoms with Crippen LogP contribution in [0.3, 0.4) is 0 Å². The summed E-state index contributed by atoms with van der Waals surface area (Å²) in [6.07, 6.45) is -1.73. The van der Waals surface area contributed by atoms with E-state index < -0.39 is 35.3 Å². The molecule has 4 heterocycles. The molecule has 2 saturated heterocycles. The highest BCUT2D eigenvalue weighted by molar-refractivity contribution is 5.99. The summed E-state index contributed by atoms with van der Waals surface area (Å²) in [5.41, 5.74) is -1.12. The SMILES string of the molecule is CC(=O)N1CC2(C1)CN(C(=O)c1cc3c(N[C@H](C)c4cccc(C(F)F)c4F)ncnc3n(C)c1=O)C2. The molecule has 2 aromatic heterocycles. The zero-order chi connectivity index (χ0) is 26.6. The third-order valence-electron chi connectivity index (χ3n) is 7.19. The first-order valence-electron chi connectivity index (χ1n) is 11.7. The van der Waals surface area contributed by atoms with Gasteiger partial charge in [-0.05, 0) is 13.0 Å². The average Bonchev–Trinajstić information content (AvgIpc) is 2.79. The summed E-state index contributed by atoms with van der Waals surface area (Å²) in [6.45, 7) is 5.17. The van der Waals surface area contributed by atoms with E-state index in [9.17, 15) is 27.6 Å². The molecule has 1 aromatic carbocycles. The van der Waals surface area contributed by atoms with Gasteiger partial charge in [-0.25, -0.2) is 23.1 Å². The molecule has 0 unspecified atom stereocenters. The number of aryl methyl sites for hydroxylation is 1. The molecule has 1 spiro atoms. The summed E-state index contributed by atoms with van der Waals surface area (Å²) in [6, 6.07) is 4.44. The van der Waals surface area contributed by atoms with E-state index in [1.165, 1.54) is 43.1 Å². The molecule has 194 valence electrons. The minimum Gasteiger partial charge on any atom is -0.363 e. The van der Waals surface area contributed by atoms with Crippen LogP contribution >= 0.6 is 0 Å². The van der Waals surface area contributed by atoms with Gasteiger partial charge in [0.05, 0.1) is 17.0 Å². The maximum atomic E-state index is 14.7. The lowest BCUT2D eigenvalue weighted by Crippen LogP contribution is -2.73. The van der Waals surface area contributed by atoms with Crippen molar-refractivity contribution in [1.82, 2.24) is 24.3 Å². The van der Waals surface area contributed by atoms with Gasteiger partial charge in [0.2, 0.25) is 5.91 Å². The normalized spacial score (nSPS) is 17.1. The molecule has 2 amide bonds. The van der Waals surface area contributed by atoms with Crippen LogP contribution in [-0.2, 0) is 11.8 Å². The number of carbonyl (C=O) groups is 2. The van der Waals surface area contributed by atoms with Crippen LogP contribution in [0.4, 0.5) is 19.0 Å². The topological polar surface area (TPSA) is 100 Å². The van der Waals surface area contributed by atoms with Crippen LogP contribution in [0.2, 0.25) is 0 Å². The number of carbonyl (C=O) groups excluding carboxylic acids is 2. The van der Waals surface area contributed by atoms with Gasteiger partial charge in [0.15, 0.2) is 0 Å². The number of rotatable bonds is 5. The molecule has 9 nitrogen and oxygen atoms in total. The van der Waals surface area contributed by atoms with E-state index in [2.05, 4.69) is 15.3 Å². The van der Waals surface area contributed by atoms with Crippen LogP contribution in [0, 0.1) is 11.2 Å². The number of halogens is 3. The Hall–Kier alpha value is -3.96. The van der Waals surface area contributed by atoms with Crippen LogP contribution in [0.25, 0.3) is 11.0 Å². The van der Waals surface area contributed by atoms with E-state index in [1.54, 1.807) is 16.7 Å². The quantitative estimate of drug-likeness (QED) is 0.562. The fourth-order valence-corrected chi connectivity index (χ4v) is 5.16. The number of nitrogens with one attached hydrogen (secondary N) is 1. The Bertz CT molecular complexity index is 1480. The minimum atomic E-state index is -2.96. The molecule has 0 bridgehead atoms. The summed E-state index contributed by atoms with van der Waals surface area (Å²) < 4.78 is 42.3. The van der Waals surface area contributed by atoms with Gasteiger partial charge in [-0.2, -0.15) is 0 Å². The third-order valence-corrected chi connectivity index (χ3v) is 7.19. The highest BCUT2D eigenvalue weighted by atomic mass is 19.3. The van der Waals surface area contributed by atoms with E-state index >= 15 is 0 Å². The lowest BCUT2D eigenvalue weighted by Gasteiger charge is -2.59. The Kier molecular flexibility index (Phi) is 5.92. The molecular formula is C25H25F3N6O3. The number of fused-ring (bicyclic) bond motifs is 1. The Morgan fingerprint density at radius 1 is 1.08 bits per heavy atom. The fraction of sp³-hybridized carbons (Fsp3) is 0.400. The number of benzene rings is 1. The second-order valence-corrected chi connectivity index (χ2v) is 9.84. The van der Waals surface area contributed by atoms with Crippen LogP contribution < -0.4 is 10.9 Å². The number of hydrogen-bond donors (Lipinski definition) is 1. The maximum Gasteiger partial charge on any atom is 0.266 e. The van der Waals surface area contributed by atoms with E-state index in [-0.39, 0.29) is 33.9 Å². The van der Waals surface area contributed by atoms with Gasteiger partial charge in [-0.15, -0.1) is 0 Å². The van der Waals surface area contributed by atoms with Crippen molar-refractivity contribution in [3.05, 3.63) is 63.5 Å². The second-order valence-electron chi connectivity index (χ2n) is 9.84. The molecule has 37 heavy (non-hydrogen) atoms. The van der Waals surface area contributed by atoms with E-state index in [0.717, 1.165) is 6.07 Å². The number of anilines is 1. The molecule has 3 aromatic rings. The number of pyridine rings is 1. The monoisotopic (exact) mass is 514 g/mol. The van der Waals surface area contributed by atoms with Crippen molar-refractivity contribution in [3.63, 3.8) is 0 Å². The van der Waals surface area contributed by atoms with E-state index in [0.29, 0.717) is 31.6 Å². The van der Waals surface area contributed by atoms with Crippen molar-refractivity contribution < 1.29 is 22.8 Å². The predicted octanol–water partition coefficient (Wildman–Crippen LogP) is 2.88. The minimum absolute atomic E-state index is 0.00567. The largest absolute Gasteiger partial charge is 0.363 e. The lowest BCUT2D eigenvalue weighted by atomic mass is 9.72. The Morgan fingerprint density at radius 3 is 2.38 bits per heavy atom. The Labute approximate surface area is 209 Å². The Morgan fingerprint density at radius 2 is 1.73 bits per heavy atom. The average molecular weight is 515 g/mol. The number of hydrogen-bond acceptors (Lipinski definition) is 6. The standard InChI is InChI=1S/C25H25F3N6O3/c1-13(15-5-4-6-16(19(15)26)20(27)28)31-21-17-7-18(23(36)32(3)22(17)30-12-29-21)24(37)34-10-25(11-34)8-33(9-25)14(2)35/h4-7,12-13,20H,8-11H2,1-3H3,(H,29,30,31)/t13-/m1/s1. The molecule has 0 saturated carbocycles. The van der Waals surface area contributed by atoms with Crippen LogP contribution in [-0.4, -0.2) is 62.3 Å². The summed E-state index contributed by atoms with van der Waals surface area (Å²) in [5.74, 6) is -1.23. The molecule has 0 radical (unpaired) electrons. The van der Waals surface area contributed by atoms with Crippen molar-refractivity contribution in [1.29, 1.82) is 0 Å². The highest BCUT2D eigenvalue weighted by Crippen LogP contribution is 2.40. The van der Waals surface area contributed by atoms with Gasteiger partial charge in [-0.3, -0.25) is 19.0 Å². The van der Waals surface area contributed by atoms with Crippen LogP contribution in [0.5, 0.6) is 0 Å². The van der Waals surface area contributed by atoms with Crippen molar-refractivity contribution >= 4 is 28.7 Å².